The molecule has 0 radical (unpaired) electrons. The predicted molar refractivity (Wildman–Crippen MR) is 74.1 cm³/mol. The van der Waals surface area contributed by atoms with Gasteiger partial charge in [0.15, 0.2) is 0 Å². The van der Waals surface area contributed by atoms with E-state index < -0.39 is 5.97 Å². The molecule has 0 aromatic rings. The van der Waals surface area contributed by atoms with Gasteiger partial charge >= 0.3 is 5.97 Å². The van der Waals surface area contributed by atoms with E-state index in [1.54, 1.807) is 0 Å². The zero-order valence-electron chi connectivity index (χ0n) is 12.0. The number of carboxylic acid groups (broad SMARTS) is 1. The van der Waals surface area contributed by atoms with Crippen molar-refractivity contribution in [3.05, 3.63) is 0 Å². The van der Waals surface area contributed by atoms with Gasteiger partial charge in [-0.3, -0.25) is 14.4 Å². The summed E-state index contributed by atoms with van der Waals surface area (Å²) in [6.45, 7) is 2.12. The van der Waals surface area contributed by atoms with Crippen LogP contribution in [0.1, 0.15) is 51.9 Å². The Morgan fingerprint density at radius 3 is 2.45 bits per heavy atom. The van der Waals surface area contributed by atoms with Crippen molar-refractivity contribution in [2.45, 2.75) is 57.9 Å². The molecule has 0 aliphatic heterocycles. The molecule has 0 saturated heterocycles. The van der Waals surface area contributed by atoms with Gasteiger partial charge in [-0.15, -0.1) is 0 Å². The van der Waals surface area contributed by atoms with Crippen molar-refractivity contribution in [3.8, 4) is 0 Å². The molecule has 1 unspecified atom stereocenters. The standard InChI is InChI=1S/C14H24N2O4/c1-10(17)15-8-4-2-3-5-13(18)16-12(9-14(19)20)11-6-7-11/h11-12H,2-9H2,1H3,(H,15,17)(H,16,18)(H,19,20). The maximum absolute atomic E-state index is 11.7. The molecule has 0 aromatic heterocycles. The highest BCUT2D eigenvalue weighted by atomic mass is 16.4. The fraction of sp³-hybridized carbons (Fsp3) is 0.786. The van der Waals surface area contributed by atoms with Crippen molar-refractivity contribution in [2.24, 2.45) is 5.92 Å². The zero-order valence-corrected chi connectivity index (χ0v) is 12.0. The highest BCUT2D eigenvalue weighted by Crippen LogP contribution is 2.34. The summed E-state index contributed by atoms with van der Waals surface area (Å²) in [5, 5.41) is 14.3. The molecule has 0 heterocycles. The number of carbonyl (C=O) groups excluding carboxylic acids is 2. The van der Waals surface area contributed by atoms with Crippen LogP contribution < -0.4 is 10.6 Å². The minimum absolute atomic E-state index is 0.0128. The fourth-order valence-electron chi connectivity index (χ4n) is 2.15. The number of amides is 2. The first kappa shape index (κ1) is 16.5. The monoisotopic (exact) mass is 284 g/mol. The molecule has 2 amide bonds. The van der Waals surface area contributed by atoms with Gasteiger partial charge in [0.05, 0.1) is 6.42 Å². The normalized spacial score (nSPS) is 15.4. The first-order valence-corrected chi connectivity index (χ1v) is 7.24. The maximum atomic E-state index is 11.7. The van der Waals surface area contributed by atoms with Crippen LogP contribution in [-0.4, -0.2) is 35.5 Å². The summed E-state index contributed by atoms with van der Waals surface area (Å²) in [6, 6.07) is -0.209. The van der Waals surface area contributed by atoms with Gasteiger partial charge in [0, 0.05) is 25.9 Å². The first-order chi connectivity index (χ1) is 9.49. The Bertz CT molecular complexity index is 353. The molecule has 6 nitrogen and oxygen atoms in total. The van der Waals surface area contributed by atoms with E-state index >= 15 is 0 Å². The molecule has 114 valence electrons. The largest absolute Gasteiger partial charge is 0.481 e. The Morgan fingerprint density at radius 2 is 1.90 bits per heavy atom. The third-order valence-electron chi connectivity index (χ3n) is 3.39. The number of aliphatic carboxylic acids is 1. The lowest BCUT2D eigenvalue weighted by Gasteiger charge is -2.16. The SMILES string of the molecule is CC(=O)NCCCCCC(=O)NC(CC(=O)O)C1CC1. The summed E-state index contributed by atoms with van der Waals surface area (Å²) in [7, 11) is 0. The lowest BCUT2D eigenvalue weighted by Crippen LogP contribution is -2.37. The smallest absolute Gasteiger partial charge is 0.305 e. The van der Waals surface area contributed by atoms with Crippen LogP contribution in [0.2, 0.25) is 0 Å². The number of hydrogen-bond acceptors (Lipinski definition) is 3. The molecule has 20 heavy (non-hydrogen) atoms. The molecule has 1 saturated carbocycles. The molecule has 1 aliphatic rings. The second-order valence-electron chi connectivity index (χ2n) is 5.40. The minimum Gasteiger partial charge on any atom is -0.481 e. The van der Waals surface area contributed by atoms with Gasteiger partial charge in [-0.05, 0) is 31.6 Å². The molecule has 1 fully saturated rings. The van der Waals surface area contributed by atoms with E-state index in [2.05, 4.69) is 10.6 Å². The van der Waals surface area contributed by atoms with Crippen LogP contribution in [0.5, 0.6) is 0 Å². The van der Waals surface area contributed by atoms with Gasteiger partial charge in [0.25, 0.3) is 0 Å². The average Bonchev–Trinajstić information content (AvgIpc) is 3.15. The predicted octanol–water partition coefficient (Wildman–Crippen LogP) is 1.05. The van der Waals surface area contributed by atoms with Crippen molar-refractivity contribution < 1.29 is 19.5 Å². The maximum Gasteiger partial charge on any atom is 0.305 e. The molecule has 3 N–H and O–H groups in total. The summed E-state index contributed by atoms with van der Waals surface area (Å²) in [6.07, 6.45) is 4.94. The fourth-order valence-corrected chi connectivity index (χ4v) is 2.15. The molecular weight excluding hydrogens is 260 g/mol. The second kappa shape index (κ2) is 8.55. The van der Waals surface area contributed by atoms with Crippen molar-refractivity contribution in [2.75, 3.05) is 6.54 Å². The molecule has 1 aliphatic carbocycles. The van der Waals surface area contributed by atoms with E-state index in [4.69, 9.17) is 5.11 Å². The van der Waals surface area contributed by atoms with Crippen molar-refractivity contribution >= 4 is 17.8 Å². The lowest BCUT2D eigenvalue weighted by atomic mass is 10.1. The van der Waals surface area contributed by atoms with E-state index in [1.807, 2.05) is 0 Å². The van der Waals surface area contributed by atoms with Crippen molar-refractivity contribution in [3.63, 3.8) is 0 Å². The summed E-state index contributed by atoms with van der Waals surface area (Å²) in [5.74, 6) is -0.626. The molecule has 0 bridgehead atoms. The van der Waals surface area contributed by atoms with Crippen LogP contribution in [0.15, 0.2) is 0 Å². The van der Waals surface area contributed by atoms with Gasteiger partial charge in [-0.25, -0.2) is 0 Å². The number of carboxylic acids is 1. The molecule has 1 rings (SSSR count). The Kier molecular flexibility index (Phi) is 7.04. The third-order valence-corrected chi connectivity index (χ3v) is 3.39. The van der Waals surface area contributed by atoms with E-state index in [9.17, 15) is 14.4 Å². The molecule has 6 heteroatoms. The molecular formula is C14H24N2O4. The Labute approximate surface area is 119 Å². The Hall–Kier alpha value is -1.59. The zero-order chi connectivity index (χ0) is 15.0. The summed E-state index contributed by atoms with van der Waals surface area (Å²) in [4.78, 5) is 33.1. The summed E-state index contributed by atoms with van der Waals surface area (Å²) >= 11 is 0. The van der Waals surface area contributed by atoms with Gasteiger partial charge in [0.1, 0.15) is 0 Å². The number of hydrogen-bond donors (Lipinski definition) is 3. The van der Waals surface area contributed by atoms with E-state index in [0.29, 0.717) is 18.9 Å². The lowest BCUT2D eigenvalue weighted by molar-refractivity contribution is -0.138. The molecule has 1 atom stereocenters. The summed E-state index contributed by atoms with van der Waals surface area (Å²) in [5.41, 5.74) is 0. The molecule has 0 spiro atoms. The second-order valence-corrected chi connectivity index (χ2v) is 5.40. The summed E-state index contributed by atoms with van der Waals surface area (Å²) < 4.78 is 0. The number of carbonyl (C=O) groups is 3. The first-order valence-electron chi connectivity index (χ1n) is 7.24. The number of nitrogens with one attached hydrogen (secondary N) is 2. The van der Waals surface area contributed by atoms with Crippen LogP contribution in [0.25, 0.3) is 0 Å². The van der Waals surface area contributed by atoms with Gasteiger partial charge in [-0.1, -0.05) is 6.42 Å². The van der Waals surface area contributed by atoms with Crippen LogP contribution in [-0.2, 0) is 14.4 Å². The Balaban J connectivity index is 2.09. The van der Waals surface area contributed by atoms with Crippen LogP contribution >= 0.6 is 0 Å². The average molecular weight is 284 g/mol. The van der Waals surface area contributed by atoms with E-state index in [1.165, 1.54) is 6.92 Å². The van der Waals surface area contributed by atoms with E-state index in [0.717, 1.165) is 32.1 Å². The Morgan fingerprint density at radius 1 is 1.20 bits per heavy atom. The van der Waals surface area contributed by atoms with Gasteiger partial charge < -0.3 is 15.7 Å². The van der Waals surface area contributed by atoms with Gasteiger partial charge in [-0.2, -0.15) is 0 Å². The quantitative estimate of drug-likeness (QED) is 0.523. The van der Waals surface area contributed by atoms with Crippen LogP contribution in [0, 0.1) is 5.92 Å². The number of rotatable bonds is 10. The molecule has 0 aromatic carbocycles. The van der Waals surface area contributed by atoms with Crippen LogP contribution in [0.3, 0.4) is 0 Å². The third kappa shape index (κ3) is 7.76. The van der Waals surface area contributed by atoms with Crippen molar-refractivity contribution in [1.29, 1.82) is 0 Å². The topological polar surface area (TPSA) is 95.5 Å². The highest BCUT2D eigenvalue weighted by molar-refractivity contribution is 5.77. The van der Waals surface area contributed by atoms with Crippen LogP contribution in [0.4, 0.5) is 0 Å². The van der Waals surface area contributed by atoms with Gasteiger partial charge in [0.2, 0.25) is 11.8 Å². The van der Waals surface area contributed by atoms with Crippen molar-refractivity contribution in [1.82, 2.24) is 10.6 Å². The minimum atomic E-state index is -0.863. The van der Waals surface area contributed by atoms with E-state index in [-0.39, 0.29) is 24.3 Å². The number of unbranched alkanes of at least 4 members (excludes halogenated alkanes) is 2. The highest BCUT2D eigenvalue weighted by Gasteiger charge is 2.33.